The number of esters is 3. The molecule has 460 valence electrons. The Bertz CT molecular complexity index is 1560. The lowest BCUT2D eigenvalue weighted by atomic mass is 10.0. The van der Waals surface area contributed by atoms with Crippen molar-refractivity contribution in [2.24, 2.45) is 0 Å². The molecule has 0 fully saturated rings. The van der Waals surface area contributed by atoms with Crippen LogP contribution in [-0.4, -0.2) is 37.2 Å². The fourth-order valence-electron chi connectivity index (χ4n) is 9.71. The number of hydrogen-bond donors (Lipinski definition) is 0. The Morgan fingerprint density at radius 1 is 0.263 bits per heavy atom. The minimum Gasteiger partial charge on any atom is -0.462 e. The summed E-state index contributed by atoms with van der Waals surface area (Å²) in [6, 6.07) is 0. The maximum absolute atomic E-state index is 12.9. The molecule has 0 heterocycles. The standard InChI is InChI=1S/C74H128O6/c1-4-7-10-13-16-19-22-25-27-29-31-32-33-34-35-36-37-38-39-40-41-42-43-45-46-49-52-55-58-61-64-67-73(76)79-70-71(69-78-72(75)66-63-60-57-54-51-48-24-21-18-15-12-9-6-3)80-74(77)68-65-62-59-56-53-50-47-44-30-28-26-23-20-17-14-11-8-5-2/h7,10,16,19,25,27-28,30-32,34-35,37-38,40-41,71H,4-6,8-9,11-15,17-18,20-24,26,29,33,36,39,42-70H2,1-3H3/b10-7-,19-16-,27-25-,30-28-,32-31-,35-34-,38-37-,41-40-. The molecule has 0 aliphatic carbocycles. The summed E-state index contributed by atoms with van der Waals surface area (Å²) in [6.07, 6.45) is 91.3. The van der Waals surface area contributed by atoms with Gasteiger partial charge in [-0.15, -0.1) is 0 Å². The fourth-order valence-corrected chi connectivity index (χ4v) is 9.71. The molecule has 0 N–H and O–H groups in total. The molecule has 0 rings (SSSR count). The van der Waals surface area contributed by atoms with Crippen molar-refractivity contribution >= 4 is 17.9 Å². The highest BCUT2D eigenvalue weighted by Gasteiger charge is 2.19. The summed E-state index contributed by atoms with van der Waals surface area (Å²) in [4.78, 5) is 38.4. The first-order valence-corrected chi connectivity index (χ1v) is 34.2. The Morgan fingerprint density at radius 2 is 0.487 bits per heavy atom. The molecular weight excluding hydrogens is 985 g/mol. The smallest absolute Gasteiger partial charge is 0.306 e. The van der Waals surface area contributed by atoms with Gasteiger partial charge in [0.25, 0.3) is 0 Å². The SMILES string of the molecule is CC/C=C\C/C=C\C/C=C\C/C=C\C/C=C\C/C=C\C/C=C\CCCCCCCCCCCC(=O)OCC(COC(=O)CCCCCCCCCCCCCCC)OC(=O)CCCCCCCCC/C=C\CCCCCCCCC. The van der Waals surface area contributed by atoms with Crippen molar-refractivity contribution in [3.63, 3.8) is 0 Å². The van der Waals surface area contributed by atoms with Gasteiger partial charge in [0.05, 0.1) is 0 Å². The Balaban J connectivity index is 4.28. The van der Waals surface area contributed by atoms with E-state index in [1.54, 1.807) is 0 Å². The van der Waals surface area contributed by atoms with E-state index in [4.69, 9.17) is 14.2 Å². The van der Waals surface area contributed by atoms with Crippen LogP contribution < -0.4 is 0 Å². The highest BCUT2D eigenvalue weighted by molar-refractivity contribution is 5.71. The van der Waals surface area contributed by atoms with Crippen LogP contribution in [0.1, 0.15) is 335 Å². The van der Waals surface area contributed by atoms with Crippen LogP contribution in [-0.2, 0) is 28.6 Å². The quantitative estimate of drug-likeness (QED) is 0.0261. The second kappa shape index (κ2) is 67.8. The van der Waals surface area contributed by atoms with Crippen LogP contribution in [0.2, 0.25) is 0 Å². The molecule has 0 spiro atoms. The number of unbranched alkanes of at least 4 members (excludes halogenated alkanes) is 35. The number of hydrogen-bond acceptors (Lipinski definition) is 6. The van der Waals surface area contributed by atoms with E-state index in [1.807, 2.05) is 0 Å². The van der Waals surface area contributed by atoms with E-state index in [2.05, 4.69) is 118 Å². The number of carbonyl (C=O) groups excluding carboxylic acids is 3. The molecule has 0 bridgehead atoms. The van der Waals surface area contributed by atoms with Gasteiger partial charge in [0, 0.05) is 19.3 Å². The Hall–Kier alpha value is -3.67. The average Bonchev–Trinajstić information content (AvgIpc) is 3.46. The molecule has 6 heteroatoms. The van der Waals surface area contributed by atoms with Crippen molar-refractivity contribution < 1.29 is 28.6 Å². The maximum Gasteiger partial charge on any atom is 0.306 e. The minimum absolute atomic E-state index is 0.0770. The zero-order valence-corrected chi connectivity index (χ0v) is 52.8. The van der Waals surface area contributed by atoms with Crippen LogP contribution in [0.25, 0.3) is 0 Å². The molecule has 0 amide bonds. The zero-order valence-electron chi connectivity index (χ0n) is 52.8. The fraction of sp³-hybridized carbons (Fsp3) is 0.743. The topological polar surface area (TPSA) is 78.9 Å². The van der Waals surface area contributed by atoms with E-state index in [9.17, 15) is 14.4 Å². The highest BCUT2D eigenvalue weighted by atomic mass is 16.6. The van der Waals surface area contributed by atoms with Crippen LogP contribution in [0.15, 0.2) is 97.2 Å². The van der Waals surface area contributed by atoms with Crippen LogP contribution in [0.5, 0.6) is 0 Å². The first-order chi connectivity index (χ1) is 39.5. The first-order valence-electron chi connectivity index (χ1n) is 34.2. The normalized spacial score (nSPS) is 12.7. The van der Waals surface area contributed by atoms with Crippen molar-refractivity contribution in [1.29, 1.82) is 0 Å². The third-order valence-corrected chi connectivity index (χ3v) is 14.8. The second-order valence-corrected chi connectivity index (χ2v) is 22.7. The maximum atomic E-state index is 12.9. The van der Waals surface area contributed by atoms with Gasteiger partial charge < -0.3 is 14.2 Å². The summed E-state index contributed by atoms with van der Waals surface area (Å²) < 4.78 is 17.0. The van der Waals surface area contributed by atoms with Gasteiger partial charge in [-0.25, -0.2) is 0 Å². The summed E-state index contributed by atoms with van der Waals surface area (Å²) >= 11 is 0. The van der Waals surface area contributed by atoms with E-state index >= 15 is 0 Å². The van der Waals surface area contributed by atoms with E-state index in [1.165, 1.54) is 186 Å². The molecule has 0 aromatic rings. The molecule has 0 saturated carbocycles. The molecule has 0 radical (unpaired) electrons. The lowest BCUT2D eigenvalue weighted by molar-refractivity contribution is -0.167. The molecule has 0 aliphatic rings. The lowest BCUT2D eigenvalue weighted by Gasteiger charge is -2.18. The van der Waals surface area contributed by atoms with Gasteiger partial charge in [-0.3, -0.25) is 14.4 Å². The molecule has 0 aromatic heterocycles. The molecule has 0 aliphatic heterocycles. The molecule has 1 atom stereocenters. The van der Waals surface area contributed by atoms with Gasteiger partial charge >= 0.3 is 17.9 Å². The van der Waals surface area contributed by atoms with Crippen molar-refractivity contribution in [3.8, 4) is 0 Å². The van der Waals surface area contributed by atoms with Crippen LogP contribution >= 0.6 is 0 Å². The van der Waals surface area contributed by atoms with Gasteiger partial charge in [0.15, 0.2) is 6.10 Å². The average molecular weight is 1110 g/mol. The van der Waals surface area contributed by atoms with Crippen molar-refractivity contribution in [2.45, 2.75) is 341 Å². The van der Waals surface area contributed by atoms with Gasteiger partial charge in [-0.1, -0.05) is 311 Å². The van der Waals surface area contributed by atoms with E-state index < -0.39 is 6.10 Å². The second-order valence-electron chi connectivity index (χ2n) is 22.7. The van der Waals surface area contributed by atoms with Crippen LogP contribution in [0.3, 0.4) is 0 Å². The Labute approximate surface area is 496 Å². The number of carbonyl (C=O) groups is 3. The summed E-state index contributed by atoms with van der Waals surface area (Å²) in [5.74, 6) is -0.873. The predicted molar refractivity (Wildman–Crippen MR) is 348 cm³/mol. The van der Waals surface area contributed by atoms with Gasteiger partial charge in [0.1, 0.15) is 13.2 Å². The third-order valence-electron chi connectivity index (χ3n) is 14.8. The molecule has 0 aromatic carbocycles. The minimum atomic E-state index is -0.781. The van der Waals surface area contributed by atoms with Crippen molar-refractivity contribution in [1.82, 2.24) is 0 Å². The van der Waals surface area contributed by atoms with Gasteiger partial charge in [-0.2, -0.15) is 0 Å². The van der Waals surface area contributed by atoms with Crippen LogP contribution in [0, 0.1) is 0 Å². The molecule has 1 unspecified atom stereocenters. The van der Waals surface area contributed by atoms with Gasteiger partial charge in [-0.05, 0) is 103 Å². The number of allylic oxidation sites excluding steroid dienone is 16. The molecule has 0 saturated heterocycles. The Kier molecular flexibility index (Phi) is 64.7. The third kappa shape index (κ3) is 65.1. The molecule has 6 nitrogen and oxygen atoms in total. The summed E-state index contributed by atoms with van der Waals surface area (Å²) in [5, 5.41) is 0. The Morgan fingerprint density at radius 3 is 0.775 bits per heavy atom. The number of ether oxygens (including phenoxy) is 3. The summed E-state index contributed by atoms with van der Waals surface area (Å²) in [6.45, 7) is 6.55. The summed E-state index contributed by atoms with van der Waals surface area (Å²) in [7, 11) is 0. The van der Waals surface area contributed by atoms with Crippen molar-refractivity contribution in [2.75, 3.05) is 13.2 Å². The zero-order chi connectivity index (χ0) is 57.8. The summed E-state index contributed by atoms with van der Waals surface area (Å²) in [5.41, 5.74) is 0. The van der Waals surface area contributed by atoms with E-state index in [0.717, 1.165) is 109 Å². The van der Waals surface area contributed by atoms with E-state index in [-0.39, 0.29) is 31.1 Å². The van der Waals surface area contributed by atoms with Crippen molar-refractivity contribution in [3.05, 3.63) is 97.2 Å². The highest BCUT2D eigenvalue weighted by Crippen LogP contribution is 2.17. The van der Waals surface area contributed by atoms with Gasteiger partial charge in [0.2, 0.25) is 0 Å². The largest absolute Gasteiger partial charge is 0.462 e. The monoisotopic (exact) mass is 1110 g/mol. The molecule has 80 heavy (non-hydrogen) atoms. The first kappa shape index (κ1) is 76.3. The van der Waals surface area contributed by atoms with Crippen LogP contribution in [0.4, 0.5) is 0 Å². The predicted octanol–water partition coefficient (Wildman–Crippen LogP) is 23.6. The van der Waals surface area contributed by atoms with E-state index in [0.29, 0.717) is 19.3 Å². The number of rotatable bonds is 62. The lowest BCUT2D eigenvalue weighted by Crippen LogP contribution is -2.30. The molecular formula is C74H128O6.